The Morgan fingerprint density at radius 1 is 1.37 bits per heavy atom. The summed E-state index contributed by atoms with van der Waals surface area (Å²) in [5.74, 6) is 0.936. The fourth-order valence-corrected chi connectivity index (χ4v) is 2.64. The molecule has 0 unspecified atom stereocenters. The number of thiophene rings is 1. The van der Waals surface area contributed by atoms with E-state index in [1.807, 2.05) is 6.07 Å². The monoisotopic (exact) mass is 279 g/mol. The van der Waals surface area contributed by atoms with Gasteiger partial charge in [-0.25, -0.2) is 0 Å². The van der Waals surface area contributed by atoms with Gasteiger partial charge in [0.1, 0.15) is 0 Å². The highest BCUT2D eigenvalue weighted by Gasteiger charge is 2.10. The van der Waals surface area contributed by atoms with Gasteiger partial charge in [-0.3, -0.25) is 4.90 Å². The Balaban J connectivity index is 1.88. The van der Waals surface area contributed by atoms with E-state index in [1.165, 1.54) is 4.88 Å². The molecule has 0 aliphatic carbocycles. The minimum absolute atomic E-state index is 0.775. The lowest BCUT2D eigenvalue weighted by Gasteiger charge is -2.17. The van der Waals surface area contributed by atoms with E-state index in [-0.39, 0.29) is 0 Å². The Kier molecular flexibility index (Phi) is 5.57. The van der Waals surface area contributed by atoms with E-state index >= 15 is 0 Å². The molecule has 5 heteroatoms. The number of aromatic nitrogens is 1. The Morgan fingerprint density at radius 3 is 2.95 bits per heavy atom. The fourth-order valence-electron chi connectivity index (χ4n) is 1.89. The zero-order valence-electron chi connectivity index (χ0n) is 11.6. The van der Waals surface area contributed by atoms with E-state index in [0.717, 1.165) is 44.2 Å². The predicted molar refractivity (Wildman–Crippen MR) is 78.0 cm³/mol. The lowest BCUT2D eigenvalue weighted by molar-refractivity contribution is 0.235. The highest BCUT2D eigenvalue weighted by Crippen LogP contribution is 2.14. The van der Waals surface area contributed by atoms with Crippen molar-refractivity contribution in [3.63, 3.8) is 0 Å². The Bertz CT molecular complexity index is 467. The first-order valence-corrected chi connectivity index (χ1v) is 7.59. The van der Waals surface area contributed by atoms with Crippen molar-refractivity contribution in [3.05, 3.63) is 39.9 Å². The molecule has 0 bridgehead atoms. The lowest BCUT2D eigenvalue weighted by Crippen LogP contribution is -2.21. The van der Waals surface area contributed by atoms with Crippen LogP contribution in [0.5, 0.6) is 0 Å². The second-order valence-corrected chi connectivity index (χ2v) is 5.48. The molecule has 0 atom stereocenters. The molecule has 2 aromatic heterocycles. The molecular formula is C14H21N3OS. The van der Waals surface area contributed by atoms with Crippen molar-refractivity contribution in [2.24, 2.45) is 0 Å². The molecule has 2 aromatic rings. The lowest BCUT2D eigenvalue weighted by atomic mass is 10.3. The molecule has 2 heterocycles. The van der Waals surface area contributed by atoms with E-state index in [0.29, 0.717) is 0 Å². The highest BCUT2D eigenvalue weighted by molar-refractivity contribution is 7.09. The molecule has 0 saturated heterocycles. The number of nitrogens with one attached hydrogen (secondary N) is 1. The fraction of sp³-hybridized carbons (Fsp3) is 0.500. The molecule has 0 radical (unpaired) electrons. The molecule has 0 spiro atoms. The number of nitrogens with zero attached hydrogens (tertiary/aromatic N) is 2. The third kappa shape index (κ3) is 4.45. The van der Waals surface area contributed by atoms with Gasteiger partial charge in [0.15, 0.2) is 5.76 Å². The number of hydrogen-bond acceptors (Lipinski definition) is 5. The van der Waals surface area contributed by atoms with Crippen LogP contribution < -0.4 is 5.32 Å². The summed E-state index contributed by atoms with van der Waals surface area (Å²) < 4.78 is 5.38. The van der Waals surface area contributed by atoms with Crippen molar-refractivity contribution >= 4 is 11.3 Å². The summed E-state index contributed by atoms with van der Waals surface area (Å²) in [6, 6.07) is 6.31. The molecule has 0 aliphatic heterocycles. The molecular weight excluding hydrogens is 258 g/mol. The van der Waals surface area contributed by atoms with Gasteiger partial charge in [-0.15, -0.1) is 11.3 Å². The topological polar surface area (TPSA) is 41.3 Å². The standard InChI is InChI=1S/C14H21N3OS/c1-3-15-9-12-8-13(18-16-12)10-17(4-2)11-14-6-5-7-19-14/h5-8,15H,3-4,9-11H2,1-2H3. The van der Waals surface area contributed by atoms with E-state index < -0.39 is 0 Å². The van der Waals surface area contributed by atoms with Crippen LogP contribution in [-0.4, -0.2) is 23.1 Å². The zero-order chi connectivity index (χ0) is 13.5. The first kappa shape index (κ1) is 14.2. The van der Waals surface area contributed by atoms with Gasteiger partial charge in [-0.1, -0.05) is 25.1 Å². The van der Waals surface area contributed by atoms with E-state index in [9.17, 15) is 0 Å². The van der Waals surface area contributed by atoms with Crippen LogP contribution in [-0.2, 0) is 19.6 Å². The van der Waals surface area contributed by atoms with Crippen molar-refractivity contribution in [1.29, 1.82) is 0 Å². The van der Waals surface area contributed by atoms with Gasteiger partial charge in [0.25, 0.3) is 0 Å². The van der Waals surface area contributed by atoms with Crippen LogP contribution >= 0.6 is 11.3 Å². The minimum Gasteiger partial charge on any atom is -0.360 e. The zero-order valence-corrected chi connectivity index (χ0v) is 12.4. The van der Waals surface area contributed by atoms with E-state index in [1.54, 1.807) is 11.3 Å². The summed E-state index contributed by atoms with van der Waals surface area (Å²) in [5, 5.41) is 9.44. The van der Waals surface area contributed by atoms with Crippen LogP contribution in [0.3, 0.4) is 0 Å². The Morgan fingerprint density at radius 2 is 2.26 bits per heavy atom. The largest absolute Gasteiger partial charge is 0.360 e. The Hall–Kier alpha value is -1.17. The van der Waals surface area contributed by atoms with Gasteiger partial charge in [0.05, 0.1) is 12.2 Å². The van der Waals surface area contributed by atoms with Gasteiger partial charge < -0.3 is 9.84 Å². The number of rotatable bonds is 8. The highest BCUT2D eigenvalue weighted by atomic mass is 32.1. The summed E-state index contributed by atoms with van der Waals surface area (Å²) in [6.45, 7) is 8.76. The summed E-state index contributed by atoms with van der Waals surface area (Å²) in [6.07, 6.45) is 0. The van der Waals surface area contributed by atoms with Crippen LogP contribution in [0.4, 0.5) is 0 Å². The molecule has 1 N–H and O–H groups in total. The van der Waals surface area contributed by atoms with Crippen LogP contribution in [0, 0.1) is 0 Å². The van der Waals surface area contributed by atoms with Crippen LogP contribution in [0.15, 0.2) is 28.1 Å². The first-order valence-electron chi connectivity index (χ1n) is 6.71. The van der Waals surface area contributed by atoms with Gasteiger partial charge in [0.2, 0.25) is 0 Å². The SMILES string of the molecule is CCNCc1cc(CN(CC)Cc2cccs2)on1. The summed E-state index contributed by atoms with van der Waals surface area (Å²) in [4.78, 5) is 3.73. The second kappa shape index (κ2) is 7.43. The molecule has 0 aliphatic rings. The maximum atomic E-state index is 5.38. The van der Waals surface area contributed by atoms with E-state index in [4.69, 9.17) is 4.52 Å². The maximum absolute atomic E-state index is 5.38. The molecule has 0 fully saturated rings. The molecule has 0 amide bonds. The molecule has 4 nitrogen and oxygen atoms in total. The predicted octanol–water partition coefficient (Wildman–Crippen LogP) is 2.87. The van der Waals surface area contributed by atoms with Crippen molar-refractivity contribution in [1.82, 2.24) is 15.4 Å². The third-order valence-corrected chi connectivity index (χ3v) is 3.81. The van der Waals surface area contributed by atoms with Gasteiger partial charge >= 0.3 is 0 Å². The van der Waals surface area contributed by atoms with Crippen molar-refractivity contribution in [2.45, 2.75) is 33.5 Å². The van der Waals surface area contributed by atoms with Crippen molar-refractivity contribution < 1.29 is 4.52 Å². The molecule has 104 valence electrons. The van der Waals surface area contributed by atoms with Crippen LogP contribution in [0.2, 0.25) is 0 Å². The van der Waals surface area contributed by atoms with Crippen LogP contribution in [0.25, 0.3) is 0 Å². The van der Waals surface area contributed by atoms with Crippen molar-refractivity contribution in [3.8, 4) is 0 Å². The second-order valence-electron chi connectivity index (χ2n) is 4.45. The average Bonchev–Trinajstić information content (AvgIpc) is 3.07. The van der Waals surface area contributed by atoms with Crippen molar-refractivity contribution in [2.75, 3.05) is 13.1 Å². The summed E-state index contributed by atoms with van der Waals surface area (Å²) >= 11 is 1.80. The van der Waals surface area contributed by atoms with E-state index in [2.05, 4.69) is 46.7 Å². The molecule has 0 saturated carbocycles. The van der Waals surface area contributed by atoms with Crippen LogP contribution in [0.1, 0.15) is 30.2 Å². The molecule has 0 aromatic carbocycles. The summed E-state index contributed by atoms with van der Waals surface area (Å²) in [7, 11) is 0. The van der Waals surface area contributed by atoms with Gasteiger partial charge in [-0.2, -0.15) is 0 Å². The minimum atomic E-state index is 0.775. The Labute approximate surface area is 118 Å². The molecule has 19 heavy (non-hydrogen) atoms. The smallest absolute Gasteiger partial charge is 0.151 e. The average molecular weight is 279 g/mol. The normalized spacial score (nSPS) is 11.3. The molecule has 2 rings (SSSR count). The number of hydrogen-bond donors (Lipinski definition) is 1. The first-order chi connectivity index (χ1) is 9.31. The quantitative estimate of drug-likeness (QED) is 0.807. The summed E-state index contributed by atoms with van der Waals surface area (Å²) in [5.41, 5.74) is 0.976. The van der Waals surface area contributed by atoms with Gasteiger partial charge in [0, 0.05) is 24.0 Å². The maximum Gasteiger partial charge on any atom is 0.151 e. The third-order valence-electron chi connectivity index (χ3n) is 2.95. The van der Waals surface area contributed by atoms with Gasteiger partial charge in [-0.05, 0) is 24.5 Å².